The highest BCUT2D eigenvalue weighted by atomic mass is 16.4. The van der Waals surface area contributed by atoms with Gasteiger partial charge in [0.15, 0.2) is 0 Å². The fourth-order valence-corrected chi connectivity index (χ4v) is 3.06. The number of benzene rings is 1. The van der Waals surface area contributed by atoms with Crippen LogP contribution in [0.3, 0.4) is 0 Å². The molecule has 6 heteroatoms. The molecule has 120 valence electrons. The van der Waals surface area contributed by atoms with Crippen molar-refractivity contribution >= 4 is 11.9 Å². The topological polar surface area (TPSA) is 92.3 Å². The third-order valence-corrected chi connectivity index (χ3v) is 4.28. The molecule has 1 aliphatic heterocycles. The summed E-state index contributed by atoms with van der Waals surface area (Å²) < 4.78 is 0. The van der Waals surface area contributed by atoms with Crippen molar-refractivity contribution in [2.24, 2.45) is 0 Å². The van der Waals surface area contributed by atoms with Crippen LogP contribution in [0.15, 0.2) is 36.5 Å². The molecule has 23 heavy (non-hydrogen) atoms. The Morgan fingerprint density at radius 3 is 2.78 bits per heavy atom. The van der Waals surface area contributed by atoms with Crippen LogP contribution in [0.5, 0.6) is 0 Å². The van der Waals surface area contributed by atoms with Crippen molar-refractivity contribution in [2.45, 2.75) is 25.3 Å². The van der Waals surface area contributed by atoms with Crippen molar-refractivity contribution in [3.8, 4) is 0 Å². The average molecular weight is 312 g/mol. The molecule has 3 N–H and O–H groups in total. The normalized spacial score (nSPS) is 16.3. The van der Waals surface area contributed by atoms with E-state index >= 15 is 0 Å². The van der Waals surface area contributed by atoms with E-state index in [0.717, 1.165) is 43.7 Å². The number of carboxylic acid groups (broad SMARTS) is 1. The number of nitrogens with two attached hydrogens (primary N) is 1. The molecule has 1 aromatic heterocycles. The van der Waals surface area contributed by atoms with E-state index in [-0.39, 0.29) is 0 Å². The number of piperidine rings is 1. The van der Waals surface area contributed by atoms with Crippen molar-refractivity contribution in [1.29, 1.82) is 0 Å². The number of anilines is 1. The number of aromatic carboxylic acids is 1. The first-order valence-electron chi connectivity index (χ1n) is 7.75. The van der Waals surface area contributed by atoms with Gasteiger partial charge in [0.25, 0.3) is 0 Å². The predicted molar refractivity (Wildman–Crippen MR) is 87.1 cm³/mol. The van der Waals surface area contributed by atoms with Gasteiger partial charge >= 0.3 is 5.97 Å². The Kier molecular flexibility index (Phi) is 4.52. The van der Waals surface area contributed by atoms with Crippen LogP contribution in [0.4, 0.5) is 5.95 Å². The molecule has 1 fully saturated rings. The lowest BCUT2D eigenvalue weighted by molar-refractivity contribution is 0.0696. The van der Waals surface area contributed by atoms with E-state index in [0.29, 0.717) is 17.4 Å². The quantitative estimate of drug-likeness (QED) is 0.898. The van der Waals surface area contributed by atoms with Gasteiger partial charge in [-0.25, -0.2) is 14.8 Å². The number of hydrogen-bond acceptors (Lipinski definition) is 5. The summed E-state index contributed by atoms with van der Waals surface area (Å²) in [6.45, 7) is 2.71. The monoisotopic (exact) mass is 312 g/mol. The van der Waals surface area contributed by atoms with Crippen molar-refractivity contribution in [3.63, 3.8) is 0 Å². The Labute approximate surface area is 135 Å². The first-order chi connectivity index (χ1) is 11.1. The molecular formula is C17H20N4O2. The molecule has 0 bridgehead atoms. The second-order valence-electron chi connectivity index (χ2n) is 5.90. The molecule has 0 radical (unpaired) electrons. The predicted octanol–water partition coefficient (Wildman–Crippen LogP) is 2.14. The van der Waals surface area contributed by atoms with Crippen molar-refractivity contribution in [2.75, 3.05) is 18.8 Å². The summed E-state index contributed by atoms with van der Waals surface area (Å²) in [5.74, 6) is -0.135. The van der Waals surface area contributed by atoms with Crippen molar-refractivity contribution in [1.82, 2.24) is 14.9 Å². The molecule has 2 heterocycles. The lowest BCUT2D eigenvalue weighted by Crippen LogP contribution is -2.32. The van der Waals surface area contributed by atoms with E-state index in [4.69, 9.17) is 10.8 Å². The van der Waals surface area contributed by atoms with Gasteiger partial charge in [-0.2, -0.15) is 0 Å². The minimum atomic E-state index is -0.882. The molecule has 2 aromatic rings. The highest BCUT2D eigenvalue weighted by Crippen LogP contribution is 2.27. The zero-order valence-corrected chi connectivity index (χ0v) is 12.9. The highest BCUT2D eigenvalue weighted by molar-refractivity contribution is 5.87. The SMILES string of the molecule is Nc1nccc(C2CCN(Cc3cccc(C(=O)O)c3)CC2)n1. The highest BCUT2D eigenvalue weighted by Gasteiger charge is 2.22. The zero-order valence-electron chi connectivity index (χ0n) is 12.9. The summed E-state index contributed by atoms with van der Waals surface area (Å²) in [7, 11) is 0. The summed E-state index contributed by atoms with van der Waals surface area (Å²) in [6.07, 6.45) is 3.76. The maximum atomic E-state index is 11.0. The van der Waals surface area contributed by atoms with E-state index in [1.807, 2.05) is 12.1 Å². The minimum Gasteiger partial charge on any atom is -0.478 e. The molecule has 0 atom stereocenters. The Bertz CT molecular complexity index is 696. The maximum Gasteiger partial charge on any atom is 0.335 e. The van der Waals surface area contributed by atoms with Gasteiger partial charge < -0.3 is 10.8 Å². The average Bonchev–Trinajstić information content (AvgIpc) is 2.56. The number of nitrogens with zero attached hydrogens (tertiary/aromatic N) is 3. The minimum absolute atomic E-state index is 0.329. The third kappa shape index (κ3) is 3.84. The van der Waals surface area contributed by atoms with E-state index < -0.39 is 5.97 Å². The molecule has 3 rings (SSSR count). The number of likely N-dealkylation sites (tertiary alicyclic amines) is 1. The number of rotatable bonds is 4. The molecule has 1 aliphatic rings. The van der Waals surface area contributed by atoms with Crippen LogP contribution in [0, 0.1) is 0 Å². The largest absolute Gasteiger partial charge is 0.478 e. The van der Waals surface area contributed by atoms with Crippen LogP contribution < -0.4 is 5.73 Å². The number of carbonyl (C=O) groups is 1. The van der Waals surface area contributed by atoms with Gasteiger partial charge in [-0.05, 0) is 49.7 Å². The number of hydrogen-bond donors (Lipinski definition) is 2. The van der Waals surface area contributed by atoms with Crippen LogP contribution in [0.1, 0.15) is 40.4 Å². The number of aromatic nitrogens is 2. The van der Waals surface area contributed by atoms with E-state index in [2.05, 4.69) is 14.9 Å². The van der Waals surface area contributed by atoms with Gasteiger partial charge in [-0.3, -0.25) is 4.90 Å². The molecular weight excluding hydrogens is 292 g/mol. The Balaban J connectivity index is 1.59. The molecule has 0 amide bonds. The van der Waals surface area contributed by atoms with Gasteiger partial charge in [0.05, 0.1) is 5.56 Å². The second-order valence-corrected chi connectivity index (χ2v) is 5.90. The maximum absolute atomic E-state index is 11.0. The van der Waals surface area contributed by atoms with Crippen LogP contribution in [0.2, 0.25) is 0 Å². The summed E-state index contributed by atoms with van der Waals surface area (Å²) >= 11 is 0. The lowest BCUT2D eigenvalue weighted by atomic mass is 9.93. The summed E-state index contributed by atoms with van der Waals surface area (Å²) in [5.41, 5.74) is 8.05. The van der Waals surface area contributed by atoms with Crippen LogP contribution >= 0.6 is 0 Å². The fourth-order valence-electron chi connectivity index (χ4n) is 3.06. The number of carboxylic acids is 1. The first kappa shape index (κ1) is 15.4. The van der Waals surface area contributed by atoms with E-state index in [1.54, 1.807) is 24.4 Å². The Hall–Kier alpha value is -2.47. The standard InChI is InChI=1S/C17H20N4O2/c18-17-19-7-4-15(20-17)13-5-8-21(9-6-13)11-12-2-1-3-14(10-12)16(22)23/h1-4,7,10,13H,5-6,8-9,11H2,(H,22,23)(H2,18,19,20). The van der Waals surface area contributed by atoms with Crippen molar-refractivity contribution < 1.29 is 9.90 Å². The first-order valence-corrected chi connectivity index (χ1v) is 7.75. The van der Waals surface area contributed by atoms with E-state index in [1.165, 1.54) is 0 Å². The Morgan fingerprint density at radius 2 is 2.09 bits per heavy atom. The third-order valence-electron chi connectivity index (χ3n) is 4.28. The van der Waals surface area contributed by atoms with Crippen molar-refractivity contribution in [3.05, 3.63) is 53.3 Å². The van der Waals surface area contributed by atoms with Gasteiger partial charge in [0.1, 0.15) is 0 Å². The van der Waals surface area contributed by atoms with Gasteiger partial charge in [-0.15, -0.1) is 0 Å². The smallest absolute Gasteiger partial charge is 0.335 e. The summed E-state index contributed by atoms with van der Waals surface area (Å²) in [4.78, 5) is 21.6. The fraction of sp³-hybridized carbons (Fsp3) is 0.353. The molecule has 0 saturated carbocycles. The number of nitrogen functional groups attached to an aromatic ring is 1. The van der Waals surface area contributed by atoms with Gasteiger partial charge in [-0.1, -0.05) is 12.1 Å². The molecule has 6 nitrogen and oxygen atoms in total. The molecule has 1 aromatic carbocycles. The molecule has 0 unspecified atom stereocenters. The summed E-state index contributed by atoms with van der Waals surface area (Å²) in [5, 5.41) is 9.06. The molecule has 0 spiro atoms. The van der Waals surface area contributed by atoms with Crippen LogP contribution in [-0.2, 0) is 6.54 Å². The second kappa shape index (κ2) is 6.75. The van der Waals surface area contributed by atoms with Crippen LogP contribution in [0.25, 0.3) is 0 Å². The van der Waals surface area contributed by atoms with Crippen LogP contribution in [-0.4, -0.2) is 39.0 Å². The lowest BCUT2D eigenvalue weighted by Gasteiger charge is -2.31. The van der Waals surface area contributed by atoms with E-state index in [9.17, 15) is 4.79 Å². The molecule has 1 saturated heterocycles. The Morgan fingerprint density at radius 1 is 1.30 bits per heavy atom. The molecule has 0 aliphatic carbocycles. The van der Waals surface area contributed by atoms with Gasteiger partial charge in [0.2, 0.25) is 5.95 Å². The van der Waals surface area contributed by atoms with Gasteiger partial charge in [0, 0.05) is 24.4 Å². The zero-order chi connectivity index (χ0) is 16.2. The summed E-state index contributed by atoms with van der Waals surface area (Å²) in [6, 6.07) is 9.09.